The summed E-state index contributed by atoms with van der Waals surface area (Å²) < 4.78 is 0. The van der Waals surface area contributed by atoms with Crippen LogP contribution in [0.3, 0.4) is 0 Å². The molecule has 1 fully saturated rings. The first-order valence-electron chi connectivity index (χ1n) is 6.22. The lowest BCUT2D eigenvalue weighted by Crippen LogP contribution is -2.25. The van der Waals surface area contributed by atoms with Crippen LogP contribution in [0.2, 0.25) is 0 Å². The number of aryl methyl sites for hydroxylation is 2. The molecule has 1 unspecified atom stereocenters. The highest BCUT2D eigenvalue weighted by Gasteiger charge is 2.15. The van der Waals surface area contributed by atoms with E-state index in [1.807, 2.05) is 6.92 Å². The summed E-state index contributed by atoms with van der Waals surface area (Å²) >= 11 is 0. The Morgan fingerprint density at radius 3 is 2.75 bits per heavy atom. The van der Waals surface area contributed by atoms with Crippen LogP contribution in [-0.2, 0) is 0 Å². The molecule has 1 aromatic heterocycles. The zero-order valence-electron chi connectivity index (χ0n) is 10.5. The van der Waals surface area contributed by atoms with E-state index < -0.39 is 0 Å². The van der Waals surface area contributed by atoms with Crippen molar-refractivity contribution in [3.63, 3.8) is 0 Å². The lowest BCUT2D eigenvalue weighted by molar-refractivity contribution is 0.521. The van der Waals surface area contributed by atoms with Gasteiger partial charge in [0.1, 0.15) is 0 Å². The van der Waals surface area contributed by atoms with E-state index in [1.165, 1.54) is 24.8 Å². The molecule has 0 amide bonds. The fourth-order valence-corrected chi connectivity index (χ4v) is 2.18. The Morgan fingerprint density at radius 2 is 2.00 bits per heavy atom. The molecule has 0 saturated carbocycles. The van der Waals surface area contributed by atoms with Crippen LogP contribution in [0.15, 0.2) is 6.07 Å². The van der Waals surface area contributed by atoms with Crippen molar-refractivity contribution >= 4 is 5.82 Å². The Hall–Kier alpha value is -1.12. The van der Waals surface area contributed by atoms with Gasteiger partial charge in [0.15, 0.2) is 5.82 Å². The number of hydrogen-bond donors (Lipinski definition) is 0. The molecule has 1 aliphatic heterocycles. The monoisotopic (exact) mass is 219 g/mol. The molecule has 3 heteroatoms. The Labute approximate surface area is 97.9 Å². The van der Waals surface area contributed by atoms with Crippen molar-refractivity contribution in [3.05, 3.63) is 17.3 Å². The predicted octanol–water partition coefficient (Wildman–Crippen LogP) is 2.72. The SMILES string of the molecule is Cc1cc(N2CCCC(C)CC2)nnc1C. The number of anilines is 1. The lowest BCUT2D eigenvalue weighted by Gasteiger charge is -2.21. The summed E-state index contributed by atoms with van der Waals surface area (Å²) in [6.45, 7) is 8.71. The van der Waals surface area contributed by atoms with Gasteiger partial charge in [-0.1, -0.05) is 6.92 Å². The molecule has 0 spiro atoms. The fraction of sp³-hybridized carbons (Fsp3) is 0.692. The zero-order chi connectivity index (χ0) is 11.5. The molecule has 1 aromatic rings. The van der Waals surface area contributed by atoms with E-state index in [1.54, 1.807) is 0 Å². The highest BCUT2D eigenvalue weighted by Crippen LogP contribution is 2.21. The smallest absolute Gasteiger partial charge is 0.151 e. The molecule has 0 aromatic carbocycles. The Bertz CT molecular complexity index is 362. The normalized spacial score (nSPS) is 21.9. The molecule has 2 heterocycles. The number of rotatable bonds is 1. The van der Waals surface area contributed by atoms with Gasteiger partial charge >= 0.3 is 0 Å². The number of nitrogens with zero attached hydrogens (tertiary/aromatic N) is 3. The third-order valence-electron chi connectivity index (χ3n) is 3.56. The van der Waals surface area contributed by atoms with Crippen molar-refractivity contribution in [2.75, 3.05) is 18.0 Å². The summed E-state index contributed by atoms with van der Waals surface area (Å²) in [5, 5.41) is 8.52. The molecule has 1 aliphatic rings. The van der Waals surface area contributed by atoms with Gasteiger partial charge in [0.05, 0.1) is 5.69 Å². The van der Waals surface area contributed by atoms with Crippen LogP contribution in [0.25, 0.3) is 0 Å². The third kappa shape index (κ3) is 2.52. The Morgan fingerprint density at radius 1 is 1.19 bits per heavy atom. The molecule has 0 bridgehead atoms. The highest BCUT2D eigenvalue weighted by atomic mass is 15.3. The molecule has 0 radical (unpaired) electrons. The molecule has 88 valence electrons. The van der Waals surface area contributed by atoms with Crippen LogP contribution in [-0.4, -0.2) is 23.3 Å². The van der Waals surface area contributed by atoms with Gasteiger partial charge in [0.25, 0.3) is 0 Å². The largest absolute Gasteiger partial charge is 0.355 e. The lowest BCUT2D eigenvalue weighted by atomic mass is 10.0. The maximum absolute atomic E-state index is 4.31. The van der Waals surface area contributed by atoms with E-state index in [9.17, 15) is 0 Å². The van der Waals surface area contributed by atoms with E-state index >= 15 is 0 Å². The quantitative estimate of drug-likeness (QED) is 0.727. The van der Waals surface area contributed by atoms with Gasteiger partial charge in [-0.3, -0.25) is 0 Å². The van der Waals surface area contributed by atoms with E-state index in [0.717, 1.165) is 30.5 Å². The van der Waals surface area contributed by atoms with Gasteiger partial charge in [-0.2, -0.15) is 5.10 Å². The topological polar surface area (TPSA) is 29.0 Å². The minimum Gasteiger partial charge on any atom is -0.355 e. The molecule has 0 N–H and O–H groups in total. The van der Waals surface area contributed by atoms with Gasteiger partial charge in [-0.15, -0.1) is 5.10 Å². The van der Waals surface area contributed by atoms with Crippen LogP contribution >= 0.6 is 0 Å². The average molecular weight is 219 g/mol. The molecule has 0 aliphatic carbocycles. The van der Waals surface area contributed by atoms with E-state index in [-0.39, 0.29) is 0 Å². The minimum absolute atomic E-state index is 0.851. The first-order chi connectivity index (χ1) is 7.66. The second-order valence-corrected chi connectivity index (χ2v) is 4.99. The van der Waals surface area contributed by atoms with Gasteiger partial charge < -0.3 is 4.90 Å². The summed E-state index contributed by atoms with van der Waals surface area (Å²) in [6, 6.07) is 2.16. The summed E-state index contributed by atoms with van der Waals surface area (Å²) in [6.07, 6.45) is 3.89. The summed E-state index contributed by atoms with van der Waals surface area (Å²) in [5.74, 6) is 1.90. The van der Waals surface area contributed by atoms with Crippen molar-refractivity contribution in [1.29, 1.82) is 0 Å². The maximum Gasteiger partial charge on any atom is 0.151 e. The Balaban J connectivity index is 2.13. The molecule has 1 saturated heterocycles. The first-order valence-corrected chi connectivity index (χ1v) is 6.22. The Kier molecular flexibility index (Phi) is 3.42. The average Bonchev–Trinajstić information content (AvgIpc) is 2.47. The van der Waals surface area contributed by atoms with E-state index in [2.05, 4.69) is 35.0 Å². The third-order valence-corrected chi connectivity index (χ3v) is 3.56. The van der Waals surface area contributed by atoms with Crippen LogP contribution in [0.1, 0.15) is 37.4 Å². The van der Waals surface area contributed by atoms with Crippen LogP contribution in [0.5, 0.6) is 0 Å². The maximum atomic E-state index is 4.31. The van der Waals surface area contributed by atoms with Crippen LogP contribution in [0, 0.1) is 19.8 Å². The molecule has 3 nitrogen and oxygen atoms in total. The van der Waals surface area contributed by atoms with Crippen molar-refractivity contribution in [3.8, 4) is 0 Å². The number of hydrogen-bond acceptors (Lipinski definition) is 3. The zero-order valence-corrected chi connectivity index (χ0v) is 10.5. The van der Waals surface area contributed by atoms with Crippen LogP contribution in [0.4, 0.5) is 5.82 Å². The molecular formula is C13H21N3. The first kappa shape index (κ1) is 11.4. The summed E-state index contributed by atoms with van der Waals surface area (Å²) in [4.78, 5) is 2.38. The summed E-state index contributed by atoms with van der Waals surface area (Å²) in [7, 11) is 0. The molecule has 16 heavy (non-hydrogen) atoms. The van der Waals surface area contributed by atoms with Gasteiger partial charge in [-0.05, 0) is 50.7 Å². The van der Waals surface area contributed by atoms with E-state index in [0.29, 0.717) is 0 Å². The van der Waals surface area contributed by atoms with Gasteiger partial charge in [0, 0.05) is 13.1 Å². The standard InChI is InChI=1S/C13H21N3/c1-10-5-4-7-16(8-6-10)13-9-11(2)12(3)14-15-13/h9-10H,4-8H2,1-3H3. The molecule has 2 rings (SSSR count). The van der Waals surface area contributed by atoms with Gasteiger partial charge in [0.2, 0.25) is 0 Å². The van der Waals surface area contributed by atoms with Gasteiger partial charge in [-0.25, -0.2) is 0 Å². The van der Waals surface area contributed by atoms with E-state index in [4.69, 9.17) is 0 Å². The second-order valence-electron chi connectivity index (χ2n) is 4.99. The van der Waals surface area contributed by atoms with Crippen molar-refractivity contribution in [2.24, 2.45) is 5.92 Å². The fourth-order valence-electron chi connectivity index (χ4n) is 2.18. The number of aromatic nitrogens is 2. The second kappa shape index (κ2) is 4.81. The minimum atomic E-state index is 0.851. The van der Waals surface area contributed by atoms with Crippen molar-refractivity contribution in [1.82, 2.24) is 10.2 Å². The molecular weight excluding hydrogens is 198 g/mol. The molecule has 1 atom stereocenters. The van der Waals surface area contributed by atoms with Crippen molar-refractivity contribution in [2.45, 2.75) is 40.0 Å². The van der Waals surface area contributed by atoms with Crippen molar-refractivity contribution < 1.29 is 0 Å². The highest BCUT2D eigenvalue weighted by molar-refractivity contribution is 5.40. The summed E-state index contributed by atoms with van der Waals surface area (Å²) in [5.41, 5.74) is 2.27. The van der Waals surface area contributed by atoms with Crippen LogP contribution < -0.4 is 4.90 Å². The predicted molar refractivity (Wildman–Crippen MR) is 66.7 cm³/mol.